The first-order chi connectivity index (χ1) is 8.81. The fraction of sp³-hybridized carbons (Fsp3) is 0.533. The summed E-state index contributed by atoms with van der Waals surface area (Å²) in [5.74, 6) is 0.248. The Labute approximate surface area is 108 Å². The lowest BCUT2D eigenvalue weighted by atomic mass is 9.84. The molecule has 0 bridgehead atoms. The van der Waals surface area contributed by atoms with Crippen LogP contribution in [-0.2, 0) is 11.3 Å². The van der Waals surface area contributed by atoms with Gasteiger partial charge in [-0.15, -0.1) is 0 Å². The second kappa shape index (κ2) is 4.73. The fourth-order valence-electron chi connectivity index (χ4n) is 3.33. The van der Waals surface area contributed by atoms with Gasteiger partial charge in [0.25, 0.3) is 0 Å². The van der Waals surface area contributed by atoms with E-state index in [-0.39, 0.29) is 11.4 Å². The predicted molar refractivity (Wildman–Crippen MR) is 71.1 cm³/mol. The quantitative estimate of drug-likeness (QED) is 0.862. The minimum atomic E-state index is -0.214. The molecule has 3 heteroatoms. The van der Waals surface area contributed by atoms with Crippen LogP contribution in [0.3, 0.4) is 0 Å². The topological polar surface area (TPSA) is 32.3 Å². The lowest BCUT2D eigenvalue weighted by Gasteiger charge is -2.42. The van der Waals surface area contributed by atoms with Gasteiger partial charge in [-0.2, -0.15) is 0 Å². The minimum absolute atomic E-state index is 0.214. The third-order valence-corrected chi connectivity index (χ3v) is 4.34. The normalized spacial score (nSPS) is 28.6. The summed E-state index contributed by atoms with van der Waals surface area (Å²) < 4.78 is 0. The summed E-state index contributed by atoms with van der Waals surface area (Å²) in [6, 6.07) is 10.5. The molecule has 1 N–H and O–H groups in total. The molecule has 1 aromatic rings. The molecular formula is C15H20N2O. The first kappa shape index (κ1) is 11.7. The Kier molecular flexibility index (Phi) is 3.08. The van der Waals surface area contributed by atoms with Crippen LogP contribution >= 0.6 is 0 Å². The average molecular weight is 244 g/mol. The van der Waals surface area contributed by atoms with E-state index in [1.165, 1.54) is 18.4 Å². The van der Waals surface area contributed by atoms with Crippen LogP contribution in [0.5, 0.6) is 0 Å². The Morgan fingerprint density at radius 3 is 2.72 bits per heavy atom. The zero-order valence-corrected chi connectivity index (χ0v) is 10.7. The highest BCUT2D eigenvalue weighted by Gasteiger charge is 2.47. The highest BCUT2D eigenvalue weighted by Crippen LogP contribution is 2.35. The van der Waals surface area contributed by atoms with Crippen molar-refractivity contribution in [2.45, 2.75) is 37.8 Å². The lowest BCUT2D eigenvalue weighted by molar-refractivity contribution is -0.132. The van der Waals surface area contributed by atoms with Crippen LogP contribution in [0, 0.1) is 0 Å². The van der Waals surface area contributed by atoms with E-state index in [1.807, 2.05) is 6.07 Å². The first-order valence-corrected chi connectivity index (χ1v) is 6.89. The van der Waals surface area contributed by atoms with Crippen LogP contribution < -0.4 is 5.32 Å². The van der Waals surface area contributed by atoms with Gasteiger partial charge in [0.2, 0.25) is 5.91 Å². The molecule has 0 aromatic heterocycles. The van der Waals surface area contributed by atoms with E-state index in [9.17, 15) is 4.79 Å². The van der Waals surface area contributed by atoms with Gasteiger partial charge in [-0.3, -0.25) is 9.69 Å². The van der Waals surface area contributed by atoms with Crippen molar-refractivity contribution >= 4 is 5.91 Å². The van der Waals surface area contributed by atoms with Crippen molar-refractivity contribution in [1.29, 1.82) is 0 Å². The number of amides is 1. The van der Waals surface area contributed by atoms with Crippen molar-refractivity contribution in [1.82, 2.24) is 10.2 Å². The number of carbonyl (C=O) groups is 1. The largest absolute Gasteiger partial charge is 0.354 e. The molecule has 2 saturated heterocycles. The summed E-state index contributed by atoms with van der Waals surface area (Å²) in [5.41, 5.74) is 1.09. The van der Waals surface area contributed by atoms with Crippen molar-refractivity contribution in [3.05, 3.63) is 35.9 Å². The van der Waals surface area contributed by atoms with Gasteiger partial charge in [-0.05, 0) is 37.8 Å². The van der Waals surface area contributed by atoms with E-state index < -0.39 is 0 Å². The minimum Gasteiger partial charge on any atom is -0.354 e. The monoisotopic (exact) mass is 244 g/mol. The third kappa shape index (κ3) is 1.93. The number of nitrogens with one attached hydrogen (secondary N) is 1. The fourth-order valence-corrected chi connectivity index (χ4v) is 3.33. The molecule has 0 aliphatic carbocycles. The first-order valence-electron chi connectivity index (χ1n) is 6.89. The van der Waals surface area contributed by atoms with Crippen molar-refractivity contribution in [2.75, 3.05) is 13.1 Å². The van der Waals surface area contributed by atoms with Crippen molar-refractivity contribution in [3.8, 4) is 0 Å². The lowest BCUT2D eigenvalue weighted by Crippen LogP contribution is -2.55. The maximum Gasteiger partial charge on any atom is 0.240 e. The standard InChI is InChI=1S/C15H20N2O/c18-14-15(9-10-16-14)8-4-5-11-17(15)12-13-6-2-1-3-7-13/h1-3,6-7H,4-5,8-12H2,(H,16,18). The molecule has 3 rings (SSSR count). The number of carbonyl (C=O) groups excluding carboxylic acids is 1. The van der Waals surface area contributed by atoms with Gasteiger partial charge >= 0.3 is 0 Å². The Morgan fingerprint density at radius 1 is 1.17 bits per heavy atom. The average Bonchev–Trinajstić information content (AvgIpc) is 2.76. The van der Waals surface area contributed by atoms with Crippen LogP contribution in [0.15, 0.2) is 30.3 Å². The number of likely N-dealkylation sites (tertiary alicyclic amines) is 1. The summed E-state index contributed by atoms with van der Waals surface area (Å²) in [7, 11) is 0. The molecule has 3 nitrogen and oxygen atoms in total. The molecule has 2 aliphatic heterocycles. The van der Waals surface area contributed by atoms with Gasteiger partial charge in [-0.25, -0.2) is 0 Å². The summed E-state index contributed by atoms with van der Waals surface area (Å²) >= 11 is 0. The molecule has 96 valence electrons. The molecule has 2 fully saturated rings. The predicted octanol–water partition coefficient (Wildman–Crippen LogP) is 1.93. The maximum absolute atomic E-state index is 12.2. The summed E-state index contributed by atoms with van der Waals surface area (Å²) in [6.45, 7) is 2.78. The van der Waals surface area contributed by atoms with Gasteiger partial charge in [-0.1, -0.05) is 30.3 Å². The van der Waals surface area contributed by atoms with Gasteiger partial charge in [0.15, 0.2) is 0 Å². The van der Waals surface area contributed by atoms with E-state index in [2.05, 4.69) is 34.5 Å². The third-order valence-electron chi connectivity index (χ3n) is 4.34. The molecule has 2 aliphatic rings. The van der Waals surface area contributed by atoms with E-state index in [0.29, 0.717) is 0 Å². The van der Waals surface area contributed by atoms with E-state index in [1.54, 1.807) is 0 Å². The van der Waals surface area contributed by atoms with Crippen LogP contribution in [-0.4, -0.2) is 29.4 Å². The maximum atomic E-state index is 12.2. The number of benzene rings is 1. The molecule has 0 radical (unpaired) electrons. The number of nitrogens with zero attached hydrogens (tertiary/aromatic N) is 1. The Hall–Kier alpha value is -1.35. The molecule has 1 unspecified atom stereocenters. The second-order valence-electron chi connectivity index (χ2n) is 5.40. The Balaban J connectivity index is 1.82. The smallest absolute Gasteiger partial charge is 0.240 e. The molecule has 0 saturated carbocycles. The SMILES string of the molecule is O=C1NCCC12CCCCN2Cc1ccccc1. The highest BCUT2D eigenvalue weighted by atomic mass is 16.2. The Morgan fingerprint density at radius 2 is 2.00 bits per heavy atom. The van der Waals surface area contributed by atoms with Gasteiger partial charge in [0.05, 0.1) is 0 Å². The molecule has 1 aromatic carbocycles. The summed E-state index contributed by atoms with van der Waals surface area (Å²) in [6.07, 6.45) is 4.38. The second-order valence-corrected chi connectivity index (χ2v) is 5.40. The van der Waals surface area contributed by atoms with Gasteiger partial charge < -0.3 is 5.32 Å². The number of hydrogen-bond acceptors (Lipinski definition) is 2. The van der Waals surface area contributed by atoms with Crippen LogP contribution in [0.2, 0.25) is 0 Å². The highest BCUT2D eigenvalue weighted by molar-refractivity contribution is 5.88. The number of rotatable bonds is 2. The molecule has 1 amide bonds. The van der Waals surface area contributed by atoms with E-state index >= 15 is 0 Å². The molecule has 18 heavy (non-hydrogen) atoms. The molecule has 1 atom stereocenters. The zero-order chi connectivity index (χ0) is 12.4. The van der Waals surface area contributed by atoms with Crippen LogP contribution in [0.4, 0.5) is 0 Å². The molecule has 2 heterocycles. The van der Waals surface area contributed by atoms with Crippen molar-refractivity contribution in [2.24, 2.45) is 0 Å². The van der Waals surface area contributed by atoms with E-state index in [0.717, 1.165) is 32.5 Å². The van der Waals surface area contributed by atoms with Crippen LogP contribution in [0.1, 0.15) is 31.2 Å². The number of piperidine rings is 1. The van der Waals surface area contributed by atoms with Gasteiger partial charge in [0.1, 0.15) is 5.54 Å². The summed E-state index contributed by atoms with van der Waals surface area (Å²) in [4.78, 5) is 14.6. The molecular weight excluding hydrogens is 224 g/mol. The van der Waals surface area contributed by atoms with Crippen molar-refractivity contribution < 1.29 is 4.79 Å². The number of hydrogen-bond donors (Lipinski definition) is 1. The van der Waals surface area contributed by atoms with Crippen molar-refractivity contribution in [3.63, 3.8) is 0 Å². The van der Waals surface area contributed by atoms with Crippen LogP contribution in [0.25, 0.3) is 0 Å². The summed E-state index contributed by atoms with van der Waals surface area (Å²) in [5, 5.41) is 3.02. The van der Waals surface area contributed by atoms with Gasteiger partial charge in [0, 0.05) is 13.1 Å². The Bertz CT molecular complexity index is 431. The van der Waals surface area contributed by atoms with E-state index in [4.69, 9.17) is 0 Å². The zero-order valence-electron chi connectivity index (χ0n) is 10.7. The molecule has 1 spiro atoms.